The molecule has 4 nitrogen and oxygen atoms in total. The molecule has 0 saturated heterocycles. The largest absolute Gasteiger partial charge is 0.490 e. The molecule has 1 fully saturated rings. The van der Waals surface area contributed by atoms with Crippen molar-refractivity contribution in [2.24, 2.45) is 0 Å². The highest BCUT2D eigenvalue weighted by Gasteiger charge is 2.30. The Labute approximate surface area is 158 Å². The van der Waals surface area contributed by atoms with Gasteiger partial charge in [-0.15, -0.1) is 0 Å². The van der Waals surface area contributed by atoms with Gasteiger partial charge in [0.05, 0.1) is 35.6 Å². The van der Waals surface area contributed by atoms with E-state index in [4.69, 9.17) is 9.47 Å². The van der Waals surface area contributed by atoms with Gasteiger partial charge in [0.25, 0.3) is 0 Å². The van der Waals surface area contributed by atoms with E-state index in [1.165, 1.54) is 19.2 Å². The van der Waals surface area contributed by atoms with Crippen molar-refractivity contribution in [2.75, 3.05) is 7.11 Å². The Kier molecular flexibility index (Phi) is 4.45. The average Bonchev–Trinajstić information content (AvgIpc) is 3.50. The predicted octanol–water partition coefficient (Wildman–Crippen LogP) is 5.25. The highest BCUT2D eigenvalue weighted by atomic mass is 19.4. The van der Waals surface area contributed by atoms with E-state index in [1.54, 1.807) is 24.3 Å². The first-order chi connectivity index (χ1) is 13.3. The zero-order valence-electron chi connectivity index (χ0n) is 14.9. The van der Waals surface area contributed by atoms with Gasteiger partial charge in [0.2, 0.25) is 0 Å². The smallest absolute Gasteiger partial charge is 0.416 e. The van der Waals surface area contributed by atoms with Crippen LogP contribution in [0.1, 0.15) is 28.8 Å². The van der Waals surface area contributed by atoms with Crippen LogP contribution in [0.2, 0.25) is 0 Å². The number of alkyl halides is 3. The van der Waals surface area contributed by atoms with Crippen LogP contribution >= 0.6 is 0 Å². The summed E-state index contributed by atoms with van der Waals surface area (Å²) >= 11 is 0. The maximum atomic E-state index is 12.8. The van der Waals surface area contributed by atoms with Crippen LogP contribution in [0.3, 0.4) is 0 Å². The summed E-state index contributed by atoms with van der Waals surface area (Å²) in [5, 5.41) is 0.732. The number of esters is 1. The standard InChI is InChI=1S/C21H16F3NO3/c1-27-20(26)13-4-9-16-18(10-13)25-17(11-19(16)28-15-7-8-15)12-2-5-14(6-3-12)21(22,23)24/h2-6,9-11,15H,7-8H2,1H3. The van der Waals surface area contributed by atoms with Gasteiger partial charge in [0.15, 0.2) is 0 Å². The Hall–Kier alpha value is -3.09. The second-order valence-corrected chi connectivity index (χ2v) is 6.62. The number of ether oxygens (including phenoxy) is 2. The number of aromatic nitrogens is 1. The minimum atomic E-state index is -4.40. The lowest BCUT2D eigenvalue weighted by Crippen LogP contribution is -2.04. The fourth-order valence-electron chi connectivity index (χ4n) is 2.88. The van der Waals surface area contributed by atoms with Crippen LogP contribution in [0.25, 0.3) is 22.2 Å². The van der Waals surface area contributed by atoms with Crippen LogP contribution in [0.15, 0.2) is 48.5 Å². The van der Waals surface area contributed by atoms with Gasteiger partial charge in [-0.1, -0.05) is 12.1 Å². The van der Waals surface area contributed by atoms with E-state index in [9.17, 15) is 18.0 Å². The fraction of sp³-hybridized carbons (Fsp3) is 0.238. The van der Waals surface area contributed by atoms with Crippen molar-refractivity contribution in [1.82, 2.24) is 4.98 Å². The van der Waals surface area contributed by atoms with Crippen LogP contribution in [0, 0.1) is 0 Å². The molecule has 1 aliphatic carbocycles. The summed E-state index contributed by atoms with van der Waals surface area (Å²) in [6, 6.07) is 11.5. The molecule has 7 heteroatoms. The van der Waals surface area contributed by atoms with Crippen molar-refractivity contribution in [1.29, 1.82) is 0 Å². The summed E-state index contributed by atoms with van der Waals surface area (Å²) in [5.74, 6) is 0.104. The lowest BCUT2D eigenvalue weighted by molar-refractivity contribution is -0.137. The number of benzene rings is 2. The number of halogens is 3. The Bertz CT molecular complexity index is 1040. The number of fused-ring (bicyclic) bond motifs is 1. The van der Waals surface area contributed by atoms with Crippen molar-refractivity contribution in [3.05, 3.63) is 59.7 Å². The Morgan fingerprint density at radius 1 is 1.07 bits per heavy atom. The average molecular weight is 387 g/mol. The molecule has 1 aromatic heterocycles. The van der Waals surface area contributed by atoms with Crippen LogP contribution in [0.5, 0.6) is 5.75 Å². The fourth-order valence-corrected chi connectivity index (χ4v) is 2.88. The molecule has 0 N–H and O–H groups in total. The molecule has 1 aliphatic rings. The van der Waals surface area contributed by atoms with Gasteiger partial charge in [0, 0.05) is 17.0 Å². The van der Waals surface area contributed by atoms with Crippen molar-refractivity contribution in [3.8, 4) is 17.0 Å². The summed E-state index contributed by atoms with van der Waals surface area (Å²) in [7, 11) is 1.29. The third kappa shape index (κ3) is 3.65. The molecule has 0 radical (unpaired) electrons. The molecule has 0 unspecified atom stereocenters. The zero-order valence-corrected chi connectivity index (χ0v) is 14.9. The number of nitrogens with zero attached hydrogens (tertiary/aromatic N) is 1. The minimum Gasteiger partial charge on any atom is -0.490 e. The number of rotatable bonds is 4. The monoisotopic (exact) mass is 387 g/mol. The summed E-state index contributed by atoms with van der Waals surface area (Å²) in [4.78, 5) is 16.4. The van der Waals surface area contributed by atoms with Crippen molar-refractivity contribution < 1.29 is 27.4 Å². The second-order valence-electron chi connectivity index (χ2n) is 6.62. The van der Waals surface area contributed by atoms with E-state index in [0.717, 1.165) is 30.4 Å². The van der Waals surface area contributed by atoms with Crippen molar-refractivity contribution in [3.63, 3.8) is 0 Å². The Morgan fingerprint density at radius 3 is 2.39 bits per heavy atom. The summed E-state index contributed by atoms with van der Waals surface area (Å²) in [6.07, 6.45) is -2.35. The second kappa shape index (κ2) is 6.82. The van der Waals surface area contributed by atoms with E-state index < -0.39 is 17.7 Å². The number of pyridine rings is 1. The number of hydrogen-bond acceptors (Lipinski definition) is 4. The Morgan fingerprint density at radius 2 is 1.79 bits per heavy atom. The van der Waals surface area contributed by atoms with Gasteiger partial charge in [-0.25, -0.2) is 9.78 Å². The summed E-state index contributed by atoms with van der Waals surface area (Å²) in [5.41, 5.74) is 1.12. The first kappa shape index (κ1) is 18.3. The normalized spacial score (nSPS) is 14.1. The molecule has 2 aromatic carbocycles. The van der Waals surface area contributed by atoms with E-state index in [2.05, 4.69) is 4.98 Å². The number of carbonyl (C=O) groups excluding carboxylic acids is 1. The molecule has 28 heavy (non-hydrogen) atoms. The first-order valence-electron chi connectivity index (χ1n) is 8.72. The van der Waals surface area contributed by atoms with Gasteiger partial charge in [-0.2, -0.15) is 13.2 Å². The zero-order chi connectivity index (χ0) is 19.9. The molecule has 4 rings (SSSR count). The minimum absolute atomic E-state index is 0.131. The molecule has 0 atom stereocenters. The molecule has 0 bridgehead atoms. The molecule has 1 saturated carbocycles. The van der Waals surface area contributed by atoms with Gasteiger partial charge >= 0.3 is 12.1 Å². The molecular weight excluding hydrogens is 371 g/mol. The third-order valence-corrected chi connectivity index (χ3v) is 4.52. The molecule has 1 heterocycles. The quantitative estimate of drug-likeness (QED) is 0.574. The Balaban J connectivity index is 1.81. The molecule has 3 aromatic rings. The lowest BCUT2D eigenvalue weighted by atomic mass is 10.1. The number of hydrogen-bond donors (Lipinski definition) is 0. The highest BCUT2D eigenvalue weighted by Crippen LogP contribution is 2.36. The molecule has 0 amide bonds. The highest BCUT2D eigenvalue weighted by molar-refractivity contribution is 5.96. The summed E-state index contributed by atoms with van der Waals surface area (Å²) < 4.78 is 49.2. The maximum absolute atomic E-state index is 12.8. The summed E-state index contributed by atoms with van der Waals surface area (Å²) in [6.45, 7) is 0. The SMILES string of the molecule is COC(=O)c1ccc2c(OC3CC3)cc(-c3ccc(C(F)(F)F)cc3)nc2c1. The number of methoxy groups -OCH3 is 1. The van der Waals surface area contributed by atoms with Crippen LogP contribution in [-0.2, 0) is 10.9 Å². The third-order valence-electron chi connectivity index (χ3n) is 4.52. The maximum Gasteiger partial charge on any atom is 0.416 e. The van der Waals surface area contributed by atoms with Crippen molar-refractivity contribution >= 4 is 16.9 Å². The van der Waals surface area contributed by atoms with Gasteiger partial charge < -0.3 is 9.47 Å². The van der Waals surface area contributed by atoms with E-state index in [1.807, 2.05) is 0 Å². The van der Waals surface area contributed by atoms with E-state index >= 15 is 0 Å². The van der Waals surface area contributed by atoms with Gasteiger partial charge in [-0.05, 0) is 43.2 Å². The molecule has 144 valence electrons. The number of carbonyl (C=O) groups is 1. The van der Waals surface area contributed by atoms with E-state index in [-0.39, 0.29) is 6.10 Å². The molecular formula is C21H16F3NO3. The lowest BCUT2D eigenvalue weighted by Gasteiger charge is -2.12. The van der Waals surface area contributed by atoms with Crippen LogP contribution in [-0.4, -0.2) is 24.2 Å². The molecule has 0 spiro atoms. The van der Waals surface area contributed by atoms with Gasteiger partial charge in [-0.3, -0.25) is 0 Å². The van der Waals surface area contributed by atoms with Crippen LogP contribution < -0.4 is 4.74 Å². The molecule has 0 aliphatic heterocycles. The first-order valence-corrected chi connectivity index (χ1v) is 8.72. The van der Waals surface area contributed by atoms with E-state index in [0.29, 0.717) is 28.1 Å². The van der Waals surface area contributed by atoms with Crippen molar-refractivity contribution in [2.45, 2.75) is 25.1 Å². The van der Waals surface area contributed by atoms with Gasteiger partial charge in [0.1, 0.15) is 5.75 Å². The topological polar surface area (TPSA) is 48.4 Å². The predicted molar refractivity (Wildman–Crippen MR) is 97.2 cm³/mol. The van der Waals surface area contributed by atoms with Crippen LogP contribution in [0.4, 0.5) is 13.2 Å².